The molecule has 0 bridgehead atoms. The maximum absolute atomic E-state index is 13.1. The topological polar surface area (TPSA) is 84.9 Å². The predicted molar refractivity (Wildman–Crippen MR) is 114 cm³/mol. The molecule has 1 aliphatic heterocycles. The summed E-state index contributed by atoms with van der Waals surface area (Å²) in [7, 11) is -0.782. The van der Waals surface area contributed by atoms with Crippen molar-refractivity contribution in [3.05, 3.63) is 53.6 Å². The fourth-order valence-corrected chi connectivity index (χ4v) is 5.20. The molecule has 2 aromatic rings. The van der Waals surface area contributed by atoms with Crippen molar-refractivity contribution >= 4 is 15.9 Å². The van der Waals surface area contributed by atoms with Gasteiger partial charge in [-0.1, -0.05) is 29.8 Å². The number of rotatable bonds is 7. The van der Waals surface area contributed by atoms with E-state index in [1.807, 2.05) is 31.2 Å². The lowest BCUT2D eigenvalue weighted by Crippen LogP contribution is -2.45. The Hall–Kier alpha value is -2.58. The van der Waals surface area contributed by atoms with Gasteiger partial charge < -0.3 is 14.8 Å². The summed E-state index contributed by atoms with van der Waals surface area (Å²) in [5.74, 6) is 0.314. The number of nitrogens with zero attached hydrogens (tertiary/aromatic N) is 1. The van der Waals surface area contributed by atoms with Gasteiger partial charge in [0.2, 0.25) is 15.9 Å². The van der Waals surface area contributed by atoms with Crippen LogP contribution in [0.1, 0.15) is 24.0 Å². The zero-order valence-corrected chi connectivity index (χ0v) is 18.4. The lowest BCUT2D eigenvalue weighted by molar-refractivity contribution is -0.126. The maximum atomic E-state index is 13.1. The second-order valence-electron chi connectivity index (χ2n) is 7.43. The van der Waals surface area contributed by atoms with Gasteiger partial charge in [0.25, 0.3) is 0 Å². The third-order valence-corrected chi connectivity index (χ3v) is 7.16. The monoisotopic (exact) mass is 432 g/mol. The van der Waals surface area contributed by atoms with Crippen LogP contribution in [0.3, 0.4) is 0 Å². The number of methoxy groups -OCH3 is 2. The second kappa shape index (κ2) is 9.49. The quantitative estimate of drug-likeness (QED) is 0.727. The summed E-state index contributed by atoms with van der Waals surface area (Å²) in [6, 6.07) is 12.5. The molecular formula is C22H28N2O5S. The van der Waals surface area contributed by atoms with Crippen molar-refractivity contribution in [3.8, 4) is 11.5 Å². The molecule has 7 nitrogen and oxygen atoms in total. The summed E-state index contributed by atoms with van der Waals surface area (Å²) >= 11 is 0. The molecule has 3 rings (SSSR count). The second-order valence-corrected chi connectivity index (χ2v) is 9.36. The Balaban J connectivity index is 1.69. The van der Waals surface area contributed by atoms with Crippen LogP contribution in [0.5, 0.6) is 11.5 Å². The van der Waals surface area contributed by atoms with Gasteiger partial charge in [0, 0.05) is 25.7 Å². The third kappa shape index (κ3) is 4.94. The Bertz CT molecular complexity index is 1010. The fraction of sp³-hybridized carbons (Fsp3) is 0.409. The molecule has 30 heavy (non-hydrogen) atoms. The molecule has 0 spiro atoms. The lowest BCUT2D eigenvalue weighted by Gasteiger charge is -2.31. The highest BCUT2D eigenvalue weighted by atomic mass is 32.2. The Morgan fingerprint density at radius 1 is 1.13 bits per heavy atom. The van der Waals surface area contributed by atoms with Crippen molar-refractivity contribution in [1.29, 1.82) is 0 Å². The number of ether oxygens (including phenoxy) is 2. The summed E-state index contributed by atoms with van der Waals surface area (Å²) in [5.41, 5.74) is 2.15. The van der Waals surface area contributed by atoms with E-state index >= 15 is 0 Å². The number of amides is 1. The minimum absolute atomic E-state index is 0.122. The van der Waals surface area contributed by atoms with E-state index < -0.39 is 10.0 Å². The Labute approximate surface area is 178 Å². The highest BCUT2D eigenvalue weighted by molar-refractivity contribution is 7.89. The standard InChI is InChI=1S/C22H28N2O5S/c1-16-6-4-7-17(12-16)14-23-22(25)18-8-5-11-24(15-18)30(26,27)19-9-10-20(28-2)21(13-19)29-3/h4,6-7,9-10,12-13,18H,5,8,11,14-15H2,1-3H3,(H,23,25). The van der Waals surface area contributed by atoms with Crippen LogP contribution in [0.4, 0.5) is 0 Å². The number of sulfonamides is 1. The van der Waals surface area contributed by atoms with E-state index in [0.717, 1.165) is 11.1 Å². The molecule has 8 heteroatoms. The average molecular weight is 433 g/mol. The number of aryl methyl sites for hydroxylation is 1. The van der Waals surface area contributed by atoms with Crippen LogP contribution in [0.25, 0.3) is 0 Å². The first-order valence-electron chi connectivity index (χ1n) is 9.90. The van der Waals surface area contributed by atoms with Crippen LogP contribution < -0.4 is 14.8 Å². The summed E-state index contributed by atoms with van der Waals surface area (Å²) < 4.78 is 38.1. The number of carbonyl (C=O) groups excluding carboxylic acids is 1. The molecule has 0 aliphatic carbocycles. The van der Waals surface area contributed by atoms with E-state index in [1.165, 1.54) is 30.7 Å². The third-order valence-electron chi connectivity index (χ3n) is 5.30. The van der Waals surface area contributed by atoms with E-state index in [1.54, 1.807) is 6.07 Å². The fourth-order valence-electron chi connectivity index (χ4n) is 3.66. The molecule has 2 aromatic carbocycles. The van der Waals surface area contributed by atoms with Gasteiger partial charge in [0.05, 0.1) is 25.0 Å². The molecule has 1 aliphatic rings. The van der Waals surface area contributed by atoms with Gasteiger partial charge in [-0.2, -0.15) is 4.31 Å². The molecule has 1 N–H and O–H groups in total. The highest BCUT2D eigenvalue weighted by Crippen LogP contribution is 2.32. The lowest BCUT2D eigenvalue weighted by atomic mass is 9.98. The van der Waals surface area contributed by atoms with Crippen LogP contribution in [-0.2, 0) is 21.4 Å². The molecular weight excluding hydrogens is 404 g/mol. The number of benzene rings is 2. The molecule has 1 amide bonds. The summed E-state index contributed by atoms with van der Waals surface area (Å²) in [5, 5.41) is 2.94. The first kappa shape index (κ1) is 22.1. The molecule has 162 valence electrons. The highest BCUT2D eigenvalue weighted by Gasteiger charge is 2.33. The minimum atomic E-state index is -3.74. The maximum Gasteiger partial charge on any atom is 0.243 e. The Kier molecular flexibility index (Phi) is 6.99. The molecule has 1 atom stereocenters. The van der Waals surface area contributed by atoms with Crippen molar-refractivity contribution < 1.29 is 22.7 Å². The van der Waals surface area contributed by atoms with Crippen molar-refractivity contribution in [2.45, 2.75) is 31.2 Å². The average Bonchev–Trinajstić information content (AvgIpc) is 2.77. The zero-order valence-electron chi connectivity index (χ0n) is 17.6. The summed E-state index contributed by atoms with van der Waals surface area (Å²) in [6.07, 6.45) is 1.30. The van der Waals surface area contributed by atoms with Crippen LogP contribution in [-0.4, -0.2) is 45.9 Å². The number of nitrogens with one attached hydrogen (secondary N) is 1. The Morgan fingerprint density at radius 2 is 1.90 bits per heavy atom. The van der Waals surface area contributed by atoms with Gasteiger partial charge in [-0.3, -0.25) is 4.79 Å². The molecule has 1 unspecified atom stereocenters. The number of piperidine rings is 1. The van der Waals surface area contributed by atoms with Crippen molar-refractivity contribution in [1.82, 2.24) is 9.62 Å². The summed E-state index contributed by atoms with van der Waals surface area (Å²) in [6.45, 7) is 2.98. The summed E-state index contributed by atoms with van der Waals surface area (Å²) in [4.78, 5) is 12.8. The van der Waals surface area contributed by atoms with Gasteiger partial charge in [0.15, 0.2) is 11.5 Å². The van der Waals surface area contributed by atoms with E-state index in [0.29, 0.717) is 37.4 Å². The zero-order chi connectivity index (χ0) is 21.7. The van der Waals surface area contributed by atoms with Crippen LogP contribution in [0.2, 0.25) is 0 Å². The van der Waals surface area contributed by atoms with E-state index in [-0.39, 0.29) is 23.3 Å². The van der Waals surface area contributed by atoms with Crippen molar-refractivity contribution in [2.24, 2.45) is 5.92 Å². The first-order valence-corrected chi connectivity index (χ1v) is 11.3. The van der Waals surface area contributed by atoms with Crippen LogP contribution >= 0.6 is 0 Å². The predicted octanol–water partition coefficient (Wildman–Crippen LogP) is 2.73. The van der Waals surface area contributed by atoms with Crippen LogP contribution in [0, 0.1) is 12.8 Å². The van der Waals surface area contributed by atoms with Crippen molar-refractivity contribution in [3.63, 3.8) is 0 Å². The minimum Gasteiger partial charge on any atom is -0.493 e. The van der Waals surface area contributed by atoms with Crippen molar-refractivity contribution in [2.75, 3.05) is 27.3 Å². The Morgan fingerprint density at radius 3 is 2.60 bits per heavy atom. The van der Waals surface area contributed by atoms with Gasteiger partial charge in [-0.05, 0) is 37.5 Å². The van der Waals surface area contributed by atoms with Gasteiger partial charge in [-0.25, -0.2) is 8.42 Å². The molecule has 1 saturated heterocycles. The smallest absolute Gasteiger partial charge is 0.243 e. The normalized spacial score (nSPS) is 17.4. The van der Waals surface area contributed by atoms with Crippen LogP contribution in [0.15, 0.2) is 47.4 Å². The molecule has 1 heterocycles. The van der Waals surface area contributed by atoms with Gasteiger partial charge in [0.1, 0.15) is 0 Å². The van der Waals surface area contributed by atoms with Gasteiger partial charge in [-0.15, -0.1) is 0 Å². The van der Waals surface area contributed by atoms with E-state index in [4.69, 9.17) is 9.47 Å². The number of carbonyl (C=O) groups is 1. The molecule has 1 fully saturated rings. The number of hydrogen-bond acceptors (Lipinski definition) is 5. The largest absolute Gasteiger partial charge is 0.493 e. The van der Waals surface area contributed by atoms with E-state index in [9.17, 15) is 13.2 Å². The molecule has 0 aromatic heterocycles. The molecule has 0 radical (unpaired) electrons. The first-order chi connectivity index (χ1) is 14.3. The SMILES string of the molecule is COc1ccc(S(=O)(=O)N2CCCC(C(=O)NCc3cccc(C)c3)C2)cc1OC. The van der Waals surface area contributed by atoms with E-state index in [2.05, 4.69) is 5.32 Å². The molecule has 0 saturated carbocycles. The number of hydrogen-bond donors (Lipinski definition) is 1. The van der Waals surface area contributed by atoms with Gasteiger partial charge >= 0.3 is 0 Å².